The van der Waals surface area contributed by atoms with Gasteiger partial charge < -0.3 is 4.74 Å². The third-order valence-electron chi connectivity index (χ3n) is 1.18. The van der Waals surface area contributed by atoms with Gasteiger partial charge in [-0.1, -0.05) is 0 Å². The van der Waals surface area contributed by atoms with Gasteiger partial charge in [0.1, 0.15) is 6.61 Å². The lowest BCUT2D eigenvalue weighted by Crippen LogP contribution is -2.09. The quantitative estimate of drug-likeness (QED) is 0.465. The first-order valence-electron chi connectivity index (χ1n) is 3.13. The van der Waals surface area contributed by atoms with Gasteiger partial charge in [0, 0.05) is 12.3 Å². The van der Waals surface area contributed by atoms with Crippen LogP contribution in [0.2, 0.25) is 0 Å². The smallest absolute Gasteiger partial charge is 0.293 e. The summed E-state index contributed by atoms with van der Waals surface area (Å²) in [6.07, 6.45) is 1.59. The minimum absolute atomic E-state index is 0.156. The normalized spacial score (nSPS) is 9.45. The number of hydrogen-bond donors (Lipinski definition) is 1. The molecule has 1 rings (SSSR count). The van der Waals surface area contributed by atoms with Gasteiger partial charge in [0.05, 0.1) is 6.54 Å². The van der Waals surface area contributed by atoms with Gasteiger partial charge in [0.2, 0.25) is 0 Å². The number of hydrogen-bond acceptors (Lipinski definition) is 3. The van der Waals surface area contributed by atoms with Gasteiger partial charge in [-0.3, -0.25) is 19.4 Å². The first-order valence-corrected chi connectivity index (χ1v) is 3.13. The molecule has 5 heteroatoms. The monoisotopic (exact) mass is 156 g/mol. The lowest BCUT2D eigenvalue weighted by molar-refractivity contribution is -0.128. The van der Waals surface area contributed by atoms with Gasteiger partial charge in [0.25, 0.3) is 12.0 Å². The summed E-state index contributed by atoms with van der Waals surface area (Å²) in [7, 11) is 0. The molecular weight excluding hydrogens is 148 g/mol. The maximum Gasteiger partial charge on any atom is 0.293 e. The molecule has 1 heterocycles. The molecule has 1 aromatic heterocycles. The Balaban J connectivity index is 2.38. The fourth-order valence-electron chi connectivity index (χ4n) is 0.703. The van der Waals surface area contributed by atoms with Crippen LogP contribution in [-0.4, -0.2) is 22.9 Å². The van der Waals surface area contributed by atoms with Crippen LogP contribution in [0.3, 0.4) is 0 Å². The fourth-order valence-corrected chi connectivity index (χ4v) is 0.703. The number of nitrogens with zero attached hydrogens (tertiary/aromatic N) is 1. The molecule has 0 aromatic carbocycles. The summed E-state index contributed by atoms with van der Waals surface area (Å²) in [5.74, 6) is 0. The van der Waals surface area contributed by atoms with Crippen LogP contribution in [0, 0.1) is 0 Å². The van der Waals surface area contributed by atoms with Crippen LogP contribution in [0.25, 0.3) is 0 Å². The molecule has 0 unspecified atom stereocenters. The maximum atomic E-state index is 10.5. The van der Waals surface area contributed by atoms with E-state index >= 15 is 0 Å². The van der Waals surface area contributed by atoms with E-state index in [0.717, 1.165) is 0 Å². The lowest BCUT2D eigenvalue weighted by Gasteiger charge is -1.98. The minimum Gasteiger partial charge on any atom is -0.466 e. The molecule has 0 saturated carbocycles. The van der Waals surface area contributed by atoms with Crippen molar-refractivity contribution in [3.05, 3.63) is 22.6 Å². The highest BCUT2D eigenvalue weighted by Crippen LogP contribution is 1.79. The summed E-state index contributed by atoms with van der Waals surface area (Å²) in [6, 6.07) is 1.40. The van der Waals surface area contributed by atoms with Crippen LogP contribution in [0.1, 0.15) is 0 Å². The van der Waals surface area contributed by atoms with E-state index in [9.17, 15) is 9.59 Å². The molecule has 0 aliphatic carbocycles. The Morgan fingerprint density at radius 2 is 2.55 bits per heavy atom. The standard InChI is InChI=1S/C6H8N2O3/c9-5-11-4-3-8-2-1-6(10)7-8/h1-2,5H,3-4H2,(H,7,10). The average molecular weight is 156 g/mol. The van der Waals surface area contributed by atoms with Gasteiger partial charge >= 0.3 is 0 Å². The molecule has 0 fully saturated rings. The number of nitrogens with one attached hydrogen (secondary N) is 1. The zero-order valence-corrected chi connectivity index (χ0v) is 5.82. The number of aromatic amines is 1. The first-order chi connectivity index (χ1) is 5.33. The second-order valence-electron chi connectivity index (χ2n) is 1.95. The average Bonchev–Trinajstić information content (AvgIpc) is 2.37. The molecule has 5 nitrogen and oxygen atoms in total. The number of H-pyrrole nitrogens is 1. The van der Waals surface area contributed by atoms with Gasteiger partial charge in [-0.05, 0) is 0 Å². The summed E-state index contributed by atoms with van der Waals surface area (Å²) in [5, 5.41) is 2.50. The second-order valence-corrected chi connectivity index (χ2v) is 1.95. The van der Waals surface area contributed by atoms with E-state index in [2.05, 4.69) is 9.84 Å². The molecule has 0 aliphatic rings. The number of rotatable bonds is 4. The Kier molecular flexibility index (Phi) is 2.48. The fraction of sp³-hybridized carbons (Fsp3) is 0.333. The molecule has 60 valence electrons. The van der Waals surface area contributed by atoms with Crippen molar-refractivity contribution >= 4 is 6.47 Å². The molecule has 0 atom stereocenters. The lowest BCUT2D eigenvalue weighted by atomic mass is 10.7. The third kappa shape index (κ3) is 2.29. The summed E-state index contributed by atoms with van der Waals surface area (Å²) in [4.78, 5) is 20.2. The zero-order valence-electron chi connectivity index (χ0n) is 5.82. The van der Waals surface area contributed by atoms with Crippen molar-refractivity contribution in [2.45, 2.75) is 6.54 Å². The van der Waals surface area contributed by atoms with Gasteiger partial charge in [-0.2, -0.15) is 0 Å². The topological polar surface area (TPSA) is 64.1 Å². The molecule has 1 N–H and O–H groups in total. The summed E-state index contributed by atoms with van der Waals surface area (Å²) < 4.78 is 5.97. The zero-order chi connectivity index (χ0) is 8.10. The van der Waals surface area contributed by atoms with E-state index in [1.165, 1.54) is 6.07 Å². The molecule has 11 heavy (non-hydrogen) atoms. The Hall–Kier alpha value is -1.52. The highest BCUT2D eigenvalue weighted by atomic mass is 16.5. The van der Waals surface area contributed by atoms with Crippen molar-refractivity contribution in [2.24, 2.45) is 0 Å². The van der Waals surface area contributed by atoms with E-state index in [1.54, 1.807) is 10.9 Å². The van der Waals surface area contributed by atoms with Gasteiger partial charge in [0.15, 0.2) is 0 Å². The number of carbonyl (C=O) groups excluding carboxylic acids is 1. The highest BCUT2D eigenvalue weighted by molar-refractivity contribution is 5.36. The van der Waals surface area contributed by atoms with Gasteiger partial charge in [-0.15, -0.1) is 0 Å². The molecule has 0 spiro atoms. The van der Waals surface area contributed by atoms with Crippen LogP contribution in [-0.2, 0) is 16.1 Å². The number of aromatic nitrogens is 2. The van der Waals surface area contributed by atoms with Crippen LogP contribution < -0.4 is 5.56 Å². The highest BCUT2D eigenvalue weighted by Gasteiger charge is 1.90. The maximum absolute atomic E-state index is 10.5. The molecule has 0 radical (unpaired) electrons. The molecular formula is C6H8N2O3. The van der Waals surface area contributed by atoms with Crippen molar-refractivity contribution in [1.29, 1.82) is 0 Å². The molecule has 0 amide bonds. The number of ether oxygens (including phenoxy) is 1. The second kappa shape index (κ2) is 3.60. The van der Waals surface area contributed by atoms with E-state index in [4.69, 9.17) is 0 Å². The predicted molar refractivity (Wildman–Crippen MR) is 37.1 cm³/mol. The Bertz CT molecular complexity index is 275. The van der Waals surface area contributed by atoms with Crippen molar-refractivity contribution in [1.82, 2.24) is 9.78 Å². The van der Waals surface area contributed by atoms with Crippen molar-refractivity contribution in [3.8, 4) is 0 Å². The molecule has 0 aliphatic heterocycles. The summed E-state index contributed by atoms with van der Waals surface area (Å²) in [5.41, 5.74) is -0.156. The predicted octanol–water partition coefficient (Wildman–Crippen LogP) is -0.651. The van der Waals surface area contributed by atoms with Crippen molar-refractivity contribution in [3.63, 3.8) is 0 Å². The van der Waals surface area contributed by atoms with E-state index in [1.807, 2.05) is 0 Å². The van der Waals surface area contributed by atoms with Crippen LogP contribution in [0.5, 0.6) is 0 Å². The Labute approximate surface area is 62.6 Å². The van der Waals surface area contributed by atoms with Gasteiger partial charge in [-0.25, -0.2) is 0 Å². The van der Waals surface area contributed by atoms with Crippen LogP contribution in [0.15, 0.2) is 17.1 Å². The largest absolute Gasteiger partial charge is 0.466 e. The van der Waals surface area contributed by atoms with E-state index in [0.29, 0.717) is 13.0 Å². The summed E-state index contributed by atoms with van der Waals surface area (Å²) >= 11 is 0. The molecule has 0 saturated heterocycles. The van der Waals surface area contributed by atoms with E-state index < -0.39 is 0 Å². The molecule has 0 bridgehead atoms. The first kappa shape index (κ1) is 7.59. The number of carbonyl (C=O) groups is 1. The molecule has 1 aromatic rings. The third-order valence-corrected chi connectivity index (χ3v) is 1.18. The summed E-state index contributed by atoms with van der Waals surface area (Å²) in [6.45, 7) is 1.12. The Morgan fingerprint density at radius 3 is 3.09 bits per heavy atom. The SMILES string of the molecule is O=COCCn1ccc(=O)[nH]1. The van der Waals surface area contributed by atoms with Crippen molar-refractivity contribution in [2.75, 3.05) is 6.61 Å². The van der Waals surface area contributed by atoms with Crippen LogP contribution in [0.4, 0.5) is 0 Å². The van der Waals surface area contributed by atoms with Crippen molar-refractivity contribution < 1.29 is 9.53 Å². The van der Waals surface area contributed by atoms with Crippen LogP contribution >= 0.6 is 0 Å². The van der Waals surface area contributed by atoms with E-state index in [-0.39, 0.29) is 12.2 Å². The minimum atomic E-state index is -0.156. The Morgan fingerprint density at radius 1 is 1.73 bits per heavy atom.